The molecule has 9 nitrogen and oxygen atoms in total. The van der Waals surface area contributed by atoms with Gasteiger partial charge in [0.15, 0.2) is 0 Å². The summed E-state index contributed by atoms with van der Waals surface area (Å²) in [7, 11) is 0. The Morgan fingerprint density at radius 1 is 1.11 bits per heavy atom. The standard InChI is InChI=1S/C28H35BrN6O3/c1-17-21-15-22(29)25(36)35(20-7-5-6-8-20)24(21)32-26(30-17)31-18-9-11-19(12-10-18)33-13-14-34(27(37)38)23(16-33)28(2,3)4/h9-12,15,20,23H,5-8,13-14,16H2,1-4H3,(H,37,38)(H,30,31,32). The third kappa shape index (κ3) is 5.10. The highest BCUT2D eigenvalue weighted by molar-refractivity contribution is 9.10. The van der Waals surface area contributed by atoms with E-state index < -0.39 is 6.09 Å². The molecular formula is C28H35BrN6O3. The number of halogens is 1. The first-order chi connectivity index (χ1) is 18.0. The number of aryl methyl sites for hydroxylation is 1. The van der Waals surface area contributed by atoms with Crippen molar-refractivity contribution >= 4 is 50.4 Å². The van der Waals surface area contributed by atoms with Crippen LogP contribution in [0.4, 0.5) is 22.1 Å². The van der Waals surface area contributed by atoms with Gasteiger partial charge in [-0.3, -0.25) is 9.36 Å². The van der Waals surface area contributed by atoms with E-state index in [4.69, 9.17) is 4.98 Å². The molecule has 2 N–H and O–H groups in total. The van der Waals surface area contributed by atoms with Crippen molar-refractivity contribution in [3.8, 4) is 0 Å². The number of nitrogens with one attached hydrogen (secondary N) is 1. The first kappa shape index (κ1) is 26.5. The Bertz CT molecular complexity index is 1410. The second kappa shape index (κ2) is 10.2. The van der Waals surface area contributed by atoms with Gasteiger partial charge in [0, 0.05) is 42.4 Å². The molecule has 2 fully saturated rings. The lowest BCUT2D eigenvalue weighted by atomic mass is 9.84. The van der Waals surface area contributed by atoms with Crippen LogP contribution in [-0.4, -0.2) is 56.3 Å². The average Bonchev–Trinajstić information content (AvgIpc) is 3.39. The van der Waals surface area contributed by atoms with Crippen LogP contribution in [0.2, 0.25) is 0 Å². The van der Waals surface area contributed by atoms with Crippen LogP contribution < -0.4 is 15.8 Å². The molecule has 5 rings (SSSR count). The van der Waals surface area contributed by atoms with Crippen molar-refractivity contribution in [2.24, 2.45) is 5.41 Å². The van der Waals surface area contributed by atoms with Crippen molar-refractivity contribution in [3.63, 3.8) is 0 Å². The summed E-state index contributed by atoms with van der Waals surface area (Å²) in [5.41, 5.74) is 3.15. The SMILES string of the molecule is Cc1nc(Nc2ccc(N3CCN(C(=O)O)C(C(C)(C)C)C3)cc2)nc2c1cc(Br)c(=O)n2C1CCCC1. The number of nitrogens with zero attached hydrogens (tertiary/aromatic N) is 5. The Balaban J connectivity index is 1.40. The normalized spacial score (nSPS) is 18.8. The van der Waals surface area contributed by atoms with Gasteiger partial charge in [-0.15, -0.1) is 0 Å². The Morgan fingerprint density at radius 3 is 2.42 bits per heavy atom. The molecule has 2 aromatic heterocycles. The van der Waals surface area contributed by atoms with Crippen LogP contribution in [0, 0.1) is 12.3 Å². The second-order valence-corrected chi connectivity index (χ2v) is 12.3. The molecule has 10 heteroatoms. The molecule has 1 unspecified atom stereocenters. The maximum atomic E-state index is 13.1. The molecule has 0 spiro atoms. The summed E-state index contributed by atoms with van der Waals surface area (Å²) < 4.78 is 2.38. The largest absolute Gasteiger partial charge is 0.465 e. The van der Waals surface area contributed by atoms with E-state index in [1.807, 2.05) is 41.8 Å². The van der Waals surface area contributed by atoms with E-state index in [2.05, 4.69) is 51.9 Å². The van der Waals surface area contributed by atoms with E-state index in [0.29, 0.717) is 35.7 Å². The number of rotatable bonds is 4. The summed E-state index contributed by atoms with van der Waals surface area (Å²) >= 11 is 3.44. The minimum absolute atomic E-state index is 0.0469. The summed E-state index contributed by atoms with van der Waals surface area (Å²) in [6.45, 7) is 9.95. The summed E-state index contributed by atoms with van der Waals surface area (Å²) in [5, 5.41) is 13.9. The smallest absolute Gasteiger partial charge is 0.407 e. The molecule has 1 aliphatic carbocycles. The number of amides is 1. The Hall–Kier alpha value is -3.14. The van der Waals surface area contributed by atoms with Crippen molar-refractivity contribution in [2.75, 3.05) is 29.9 Å². The molecule has 3 aromatic rings. The number of hydrogen-bond acceptors (Lipinski definition) is 6. The Morgan fingerprint density at radius 2 is 1.79 bits per heavy atom. The van der Waals surface area contributed by atoms with Gasteiger partial charge >= 0.3 is 6.09 Å². The fourth-order valence-electron chi connectivity index (χ4n) is 5.75. The van der Waals surface area contributed by atoms with E-state index in [0.717, 1.165) is 48.1 Å². The number of aromatic nitrogens is 3. The molecule has 3 heterocycles. The third-order valence-electron chi connectivity index (χ3n) is 7.84. The Labute approximate surface area is 231 Å². The van der Waals surface area contributed by atoms with Crippen LogP contribution in [-0.2, 0) is 0 Å². The van der Waals surface area contributed by atoms with Crippen LogP contribution in [0.5, 0.6) is 0 Å². The second-order valence-electron chi connectivity index (χ2n) is 11.5. The molecule has 38 heavy (non-hydrogen) atoms. The maximum Gasteiger partial charge on any atom is 0.407 e. The molecule has 0 bridgehead atoms. The fourth-order valence-corrected chi connectivity index (χ4v) is 6.17. The zero-order valence-corrected chi connectivity index (χ0v) is 24.0. The van der Waals surface area contributed by atoms with Crippen LogP contribution in [0.1, 0.15) is 58.2 Å². The van der Waals surface area contributed by atoms with Gasteiger partial charge in [-0.05, 0) is 71.4 Å². The number of benzene rings is 1. The van der Waals surface area contributed by atoms with E-state index in [-0.39, 0.29) is 23.1 Å². The number of carboxylic acid groups (broad SMARTS) is 1. The molecule has 1 aromatic carbocycles. The lowest BCUT2D eigenvalue weighted by molar-refractivity contribution is 0.0748. The molecule has 1 saturated carbocycles. The minimum Gasteiger partial charge on any atom is -0.465 e. The van der Waals surface area contributed by atoms with Crippen LogP contribution >= 0.6 is 15.9 Å². The molecule has 0 radical (unpaired) electrons. The number of hydrogen-bond donors (Lipinski definition) is 2. The minimum atomic E-state index is -0.861. The lowest BCUT2D eigenvalue weighted by Gasteiger charge is -2.46. The highest BCUT2D eigenvalue weighted by Crippen LogP contribution is 2.33. The van der Waals surface area contributed by atoms with Crippen LogP contribution in [0.25, 0.3) is 11.0 Å². The predicted molar refractivity (Wildman–Crippen MR) is 154 cm³/mol. The van der Waals surface area contributed by atoms with Gasteiger partial charge in [0.05, 0.1) is 16.2 Å². The Kier molecular flexibility index (Phi) is 7.11. The van der Waals surface area contributed by atoms with Crippen molar-refractivity contribution in [3.05, 3.63) is 50.9 Å². The quantitative estimate of drug-likeness (QED) is 0.392. The third-order valence-corrected chi connectivity index (χ3v) is 8.41. The molecule has 202 valence electrons. The molecule has 1 atom stereocenters. The maximum absolute atomic E-state index is 13.1. The number of pyridine rings is 1. The van der Waals surface area contributed by atoms with Gasteiger partial charge in [-0.25, -0.2) is 9.78 Å². The molecule has 1 amide bonds. The van der Waals surface area contributed by atoms with E-state index in [1.54, 1.807) is 4.90 Å². The average molecular weight is 584 g/mol. The first-order valence-corrected chi connectivity index (χ1v) is 14.0. The van der Waals surface area contributed by atoms with Gasteiger partial charge in [0.1, 0.15) is 5.65 Å². The van der Waals surface area contributed by atoms with Crippen LogP contribution in [0.3, 0.4) is 0 Å². The van der Waals surface area contributed by atoms with Crippen molar-refractivity contribution in [2.45, 2.75) is 65.5 Å². The monoisotopic (exact) mass is 582 g/mol. The van der Waals surface area contributed by atoms with Gasteiger partial charge in [0.25, 0.3) is 5.56 Å². The molecule has 2 aliphatic rings. The molecular weight excluding hydrogens is 548 g/mol. The predicted octanol–water partition coefficient (Wildman–Crippen LogP) is 5.94. The van der Waals surface area contributed by atoms with Gasteiger partial charge in [-0.1, -0.05) is 33.6 Å². The van der Waals surface area contributed by atoms with E-state index >= 15 is 0 Å². The van der Waals surface area contributed by atoms with Crippen molar-refractivity contribution < 1.29 is 9.90 Å². The number of carbonyl (C=O) groups is 1. The van der Waals surface area contributed by atoms with E-state index in [1.165, 1.54) is 0 Å². The lowest BCUT2D eigenvalue weighted by Crippen LogP contribution is -2.59. The summed E-state index contributed by atoms with van der Waals surface area (Å²) in [4.78, 5) is 38.1. The molecule has 1 saturated heterocycles. The zero-order valence-electron chi connectivity index (χ0n) is 22.4. The number of piperazine rings is 1. The zero-order chi connectivity index (χ0) is 27.2. The van der Waals surface area contributed by atoms with Gasteiger partial charge in [-0.2, -0.15) is 4.98 Å². The highest BCUT2D eigenvalue weighted by Gasteiger charge is 2.38. The summed E-state index contributed by atoms with van der Waals surface area (Å²) in [5.74, 6) is 0.457. The van der Waals surface area contributed by atoms with Crippen molar-refractivity contribution in [1.82, 2.24) is 19.4 Å². The highest BCUT2D eigenvalue weighted by atomic mass is 79.9. The van der Waals surface area contributed by atoms with Crippen molar-refractivity contribution in [1.29, 1.82) is 0 Å². The van der Waals surface area contributed by atoms with Crippen LogP contribution in [0.15, 0.2) is 39.6 Å². The fraction of sp³-hybridized carbons (Fsp3) is 0.500. The van der Waals surface area contributed by atoms with E-state index in [9.17, 15) is 14.7 Å². The number of fused-ring (bicyclic) bond motifs is 1. The topological polar surface area (TPSA) is 104 Å². The summed E-state index contributed by atoms with van der Waals surface area (Å²) in [6.07, 6.45) is 3.34. The first-order valence-electron chi connectivity index (χ1n) is 13.2. The van der Waals surface area contributed by atoms with Gasteiger partial charge in [0.2, 0.25) is 5.95 Å². The number of anilines is 3. The molecule has 1 aliphatic heterocycles. The summed E-state index contributed by atoms with van der Waals surface area (Å²) in [6, 6.07) is 9.93. The van der Waals surface area contributed by atoms with Gasteiger partial charge < -0.3 is 20.2 Å².